The number of carbonyl (C=O) groups is 1. The minimum absolute atomic E-state index is 0.282. The summed E-state index contributed by atoms with van der Waals surface area (Å²) in [5, 5.41) is 5.65. The standard InChI is InChI=1S/C20H26N2O2/c1-13(2)17-9-11-18(12-10-17)24-16(5)21-20(23)22-19-8-6-7-14(3)15(19)4/h6-13,16H,1-5H3,(H2,21,22,23). The molecular formula is C20H26N2O2. The highest BCUT2D eigenvalue weighted by atomic mass is 16.5. The van der Waals surface area contributed by atoms with Gasteiger partial charge in [0, 0.05) is 5.69 Å². The minimum atomic E-state index is -0.431. The predicted octanol–water partition coefficient (Wildman–Crippen LogP) is 4.97. The number of urea groups is 1. The first-order chi connectivity index (χ1) is 11.4. The number of hydrogen-bond donors (Lipinski definition) is 2. The van der Waals surface area contributed by atoms with Gasteiger partial charge in [-0.3, -0.25) is 0 Å². The molecule has 24 heavy (non-hydrogen) atoms. The third-order valence-electron chi connectivity index (χ3n) is 4.05. The number of anilines is 1. The van der Waals surface area contributed by atoms with Gasteiger partial charge in [-0.25, -0.2) is 4.79 Å². The van der Waals surface area contributed by atoms with E-state index in [1.165, 1.54) is 5.56 Å². The van der Waals surface area contributed by atoms with Crippen LogP contribution < -0.4 is 15.4 Å². The molecule has 2 aromatic rings. The fourth-order valence-corrected chi connectivity index (χ4v) is 2.39. The van der Waals surface area contributed by atoms with Crippen molar-refractivity contribution in [1.82, 2.24) is 5.32 Å². The van der Waals surface area contributed by atoms with Crippen molar-refractivity contribution in [3.8, 4) is 5.75 Å². The van der Waals surface area contributed by atoms with Crippen molar-refractivity contribution in [2.45, 2.75) is 46.8 Å². The number of carbonyl (C=O) groups excluding carboxylic acids is 1. The van der Waals surface area contributed by atoms with Crippen LogP contribution in [0.4, 0.5) is 10.5 Å². The molecule has 1 atom stereocenters. The lowest BCUT2D eigenvalue weighted by molar-refractivity contribution is 0.183. The highest BCUT2D eigenvalue weighted by molar-refractivity contribution is 5.90. The summed E-state index contributed by atoms with van der Waals surface area (Å²) >= 11 is 0. The molecule has 4 nitrogen and oxygen atoms in total. The maximum Gasteiger partial charge on any atom is 0.322 e. The van der Waals surface area contributed by atoms with Crippen LogP contribution in [0.2, 0.25) is 0 Å². The topological polar surface area (TPSA) is 50.4 Å². The molecule has 0 aliphatic heterocycles. The molecule has 0 saturated carbocycles. The first-order valence-corrected chi connectivity index (χ1v) is 8.27. The zero-order valence-electron chi connectivity index (χ0n) is 15.0. The zero-order chi connectivity index (χ0) is 17.7. The van der Waals surface area contributed by atoms with Crippen LogP contribution in [0.3, 0.4) is 0 Å². The average Bonchev–Trinajstić information content (AvgIpc) is 2.52. The Morgan fingerprint density at radius 1 is 1.00 bits per heavy atom. The van der Waals surface area contributed by atoms with Crippen LogP contribution >= 0.6 is 0 Å². The van der Waals surface area contributed by atoms with Gasteiger partial charge in [-0.1, -0.05) is 38.1 Å². The molecule has 0 aromatic heterocycles. The second-order valence-corrected chi connectivity index (χ2v) is 6.33. The van der Waals surface area contributed by atoms with Crippen molar-refractivity contribution in [1.29, 1.82) is 0 Å². The van der Waals surface area contributed by atoms with E-state index in [0.717, 1.165) is 22.6 Å². The Morgan fingerprint density at radius 3 is 2.29 bits per heavy atom. The Kier molecular flexibility index (Phi) is 5.85. The van der Waals surface area contributed by atoms with Gasteiger partial charge >= 0.3 is 6.03 Å². The first kappa shape index (κ1) is 17.9. The molecule has 4 heteroatoms. The lowest BCUT2D eigenvalue weighted by Gasteiger charge is -2.18. The molecule has 2 N–H and O–H groups in total. The molecule has 0 heterocycles. The number of rotatable bonds is 5. The van der Waals surface area contributed by atoms with Gasteiger partial charge in [0.1, 0.15) is 5.75 Å². The lowest BCUT2D eigenvalue weighted by Crippen LogP contribution is -2.39. The summed E-state index contributed by atoms with van der Waals surface area (Å²) in [6, 6.07) is 13.5. The van der Waals surface area contributed by atoms with Gasteiger partial charge in [0.2, 0.25) is 0 Å². The van der Waals surface area contributed by atoms with Crippen LogP contribution in [-0.2, 0) is 0 Å². The van der Waals surface area contributed by atoms with E-state index >= 15 is 0 Å². The second kappa shape index (κ2) is 7.86. The third kappa shape index (κ3) is 4.75. The van der Waals surface area contributed by atoms with Gasteiger partial charge in [0.25, 0.3) is 0 Å². The summed E-state index contributed by atoms with van der Waals surface area (Å²) in [5.41, 5.74) is 4.27. The average molecular weight is 326 g/mol. The Bertz CT molecular complexity index is 693. The maximum atomic E-state index is 12.1. The minimum Gasteiger partial charge on any atom is -0.471 e. The van der Waals surface area contributed by atoms with Crippen molar-refractivity contribution >= 4 is 11.7 Å². The second-order valence-electron chi connectivity index (χ2n) is 6.33. The van der Waals surface area contributed by atoms with Crippen LogP contribution in [0, 0.1) is 13.8 Å². The number of ether oxygens (including phenoxy) is 1. The van der Waals surface area contributed by atoms with Gasteiger partial charge < -0.3 is 15.4 Å². The summed E-state index contributed by atoms with van der Waals surface area (Å²) in [7, 11) is 0. The molecule has 1 unspecified atom stereocenters. The monoisotopic (exact) mass is 326 g/mol. The van der Waals surface area contributed by atoms with Gasteiger partial charge in [0.15, 0.2) is 6.23 Å². The van der Waals surface area contributed by atoms with Gasteiger partial charge in [-0.05, 0) is 61.6 Å². The van der Waals surface area contributed by atoms with E-state index < -0.39 is 6.23 Å². The molecule has 0 aliphatic rings. The summed E-state index contributed by atoms with van der Waals surface area (Å²) in [6.45, 7) is 10.1. The van der Waals surface area contributed by atoms with Crippen molar-refractivity contribution in [3.63, 3.8) is 0 Å². The van der Waals surface area contributed by atoms with Crippen molar-refractivity contribution in [3.05, 3.63) is 59.2 Å². The van der Waals surface area contributed by atoms with Crippen molar-refractivity contribution in [2.24, 2.45) is 0 Å². The van der Waals surface area contributed by atoms with E-state index in [4.69, 9.17) is 4.74 Å². The van der Waals surface area contributed by atoms with Crippen LogP contribution in [0.25, 0.3) is 0 Å². The smallest absolute Gasteiger partial charge is 0.322 e. The predicted molar refractivity (Wildman–Crippen MR) is 98.7 cm³/mol. The molecule has 0 radical (unpaired) electrons. The Hall–Kier alpha value is -2.49. The molecule has 0 spiro atoms. The van der Waals surface area contributed by atoms with E-state index in [-0.39, 0.29) is 6.03 Å². The van der Waals surface area contributed by atoms with Crippen LogP contribution in [-0.4, -0.2) is 12.3 Å². The van der Waals surface area contributed by atoms with E-state index in [2.05, 4.69) is 24.5 Å². The Labute approximate surface area is 144 Å². The highest BCUT2D eigenvalue weighted by Crippen LogP contribution is 2.20. The largest absolute Gasteiger partial charge is 0.471 e. The normalized spacial score (nSPS) is 11.9. The molecule has 0 aliphatic carbocycles. The van der Waals surface area contributed by atoms with Gasteiger partial charge in [-0.15, -0.1) is 0 Å². The first-order valence-electron chi connectivity index (χ1n) is 8.27. The van der Waals surface area contributed by atoms with Crippen LogP contribution in [0.5, 0.6) is 5.75 Å². The molecule has 2 rings (SSSR count). The van der Waals surface area contributed by atoms with Gasteiger partial charge in [-0.2, -0.15) is 0 Å². The number of nitrogens with one attached hydrogen (secondary N) is 2. The lowest BCUT2D eigenvalue weighted by atomic mass is 10.0. The number of aryl methyl sites for hydroxylation is 1. The fourth-order valence-electron chi connectivity index (χ4n) is 2.39. The molecule has 0 fully saturated rings. The van der Waals surface area contributed by atoms with Crippen LogP contribution in [0.15, 0.2) is 42.5 Å². The quantitative estimate of drug-likeness (QED) is 0.762. The van der Waals surface area contributed by atoms with E-state index in [1.807, 2.05) is 56.3 Å². The fraction of sp³-hybridized carbons (Fsp3) is 0.350. The Morgan fingerprint density at radius 2 is 1.67 bits per heavy atom. The van der Waals surface area contributed by atoms with E-state index in [0.29, 0.717) is 5.92 Å². The molecule has 128 valence electrons. The van der Waals surface area contributed by atoms with Crippen molar-refractivity contribution < 1.29 is 9.53 Å². The summed E-state index contributed by atoms with van der Waals surface area (Å²) in [4.78, 5) is 12.1. The number of hydrogen-bond acceptors (Lipinski definition) is 2. The summed E-state index contributed by atoms with van der Waals surface area (Å²) in [5.74, 6) is 1.22. The maximum absolute atomic E-state index is 12.1. The van der Waals surface area contributed by atoms with Gasteiger partial charge in [0.05, 0.1) is 0 Å². The SMILES string of the molecule is Cc1cccc(NC(=O)NC(C)Oc2ccc(C(C)C)cc2)c1C. The molecule has 0 saturated heterocycles. The zero-order valence-corrected chi connectivity index (χ0v) is 15.0. The number of amides is 2. The summed E-state index contributed by atoms with van der Waals surface area (Å²) in [6.07, 6.45) is -0.431. The molecular weight excluding hydrogens is 300 g/mol. The number of benzene rings is 2. The highest BCUT2D eigenvalue weighted by Gasteiger charge is 2.10. The third-order valence-corrected chi connectivity index (χ3v) is 4.05. The molecule has 2 amide bonds. The molecule has 2 aromatic carbocycles. The van der Waals surface area contributed by atoms with Crippen LogP contribution in [0.1, 0.15) is 43.4 Å². The Balaban J connectivity index is 1.90. The van der Waals surface area contributed by atoms with E-state index in [1.54, 1.807) is 6.92 Å². The van der Waals surface area contributed by atoms with Crippen molar-refractivity contribution in [2.75, 3.05) is 5.32 Å². The molecule has 0 bridgehead atoms. The summed E-state index contributed by atoms with van der Waals surface area (Å²) < 4.78 is 5.74. The van der Waals surface area contributed by atoms with E-state index in [9.17, 15) is 4.79 Å².